The number of rotatable bonds is 4. The molecule has 0 spiro atoms. The summed E-state index contributed by atoms with van der Waals surface area (Å²) in [4.78, 5) is 2.79. The van der Waals surface area contributed by atoms with Crippen molar-refractivity contribution in [2.45, 2.75) is 36.1 Å². The highest BCUT2D eigenvalue weighted by Crippen LogP contribution is 2.46. The van der Waals surface area contributed by atoms with Crippen LogP contribution < -0.4 is 0 Å². The fourth-order valence-electron chi connectivity index (χ4n) is 4.38. The van der Waals surface area contributed by atoms with E-state index in [4.69, 9.17) is 0 Å². The van der Waals surface area contributed by atoms with Gasteiger partial charge >= 0.3 is 0 Å². The third kappa shape index (κ3) is 2.76. The van der Waals surface area contributed by atoms with Crippen molar-refractivity contribution in [1.82, 2.24) is 14.7 Å². The Balaban J connectivity index is 1.45. The van der Waals surface area contributed by atoms with Gasteiger partial charge in [0, 0.05) is 43.9 Å². The second-order valence-corrected chi connectivity index (χ2v) is 10.3. The zero-order valence-electron chi connectivity index (χ0n) is 15.1. The van der Waals surface area contributed by atoms with Crippen molar-refractivity contribution in [2.75, 3.05) is 13.1 Å². The van der Waals surface area contributed by atoms with Gasteiger partial charge in [0.2, 0.25) is 0 Å². The Hall–Kier alpha value is -1.96. The van der Waals surface area contributed by atoms with Gasteiger partial charge in [-0.25, -0.2) is 8.42 Å². The first-order valence-electron chi connectivity index (χ1n) is 9.20. The molecule has 1 fully saturated rings. The fraction of sp³-hybridized carbons (Fsp3) is 0.350. The third-order valence-electron chi connectivity index (χ3n) is 5.73. The number of aromatic nitrogens is 2. The van der Waals surface area contributed by atoms with Crippen molar-refractivity contribution >= 4 is 21.2 Å². The van der Waals surface area contributed by atoms with E-state index in [9.17, 15) is 8.42 Å². The second kappa shape index (κ2) is 6.29. The monoisotopic (exact) mass is 399 g/mol. The number of likely N-dealkylation sites (tertiary alicyclic amines) is 1. The van der Waals surface area contributed by atoms with E-state index in [2.05, 4.69) is 39.8 Å². The normalized spacial score (nSPS) is 23.4. The summed E-state index contributed by atoms with van der Waals surface area (Å²) in [5.74, 6) is 0.0600. The van der Waals surface area contributed by atoms with Gasteiger partial charge in [-0.05, 0) is 52.6 Å². The maximum Gasteiger partial charge on any atom is 0.183 e. The molecular formula is C20H21N3O2S2. The van der Waals surface area contributed by atoms with Gasteiger partial charge in [0.05, 0.1) is 16.3 Å². The van der Waals surface area contributed by atoms with Crippen LogP contribution in [0.2, 0.25) is 0 Å². The van der Waals surface area contributed by atoms with Gasteiger partial charge < -0.3 is 0 Å². The summed E-state index contributed by atoms with van der Waals surface area (Å²) in [6, 6.07) is 7.93. The Kier molecular flexibility index (Phi) is 4.00. The van der Waals surface area contributed by atoms with E-state index in [-0.39, 0.29) is 11.2 Å². The molecule has 4 heterocycles. The SMILES string of the molecule is CCn1cc(CN2C[C@@H]3[C@@H](C2)c2cc(-c4ccsc4)ccc2S3(=O)=O)cn1. The molecule has 0 unspecified atom stereocenters. The van der Waals surface area contributed by atoms with Gasteiger partial charge in [0.25, 0.3) is 0 Å². The Labute approximate surface area is 163 Å². The molecule has 2 atom stereocenters. The van der Waals surface area contributed by atoms with Crippen molar-refractivity contribution in [3.05, 3.63) is 58.5 Å². The summed E-state index contributed by atoms with van der Waals surface area (Å²) in [5.41, 5.74) is 4.40. The quantitative estimate of drug-likeness (QED) is 0.675. The standard InChI is InChI=1S/C20H21N3O2S2/c1-2-23-10-14(8-21-23)9-22-11-18-17-7-15(16-5-6-26-13-16)3-4-19(17)27(24,25)20(18)12-22/h3-8,10,13,18,20H,2,9,11-12H2,1H3/t18-,20+/m0/s1. The average molecular weight is 400 g/mol. The summed E-state index contributed by atoms with van der Waals surface area (Å²) in [6.07, 6.45) is 3.93. The van der Waals surface area contributed by atoms with Crippen LogP contribution in [0.15, 0.2) is 52.3 Å². The molecule has 2 aromatic heterocycles. The van der Waals surface area contributed by atoms with Gasteiger partial charge in [-0.3, -0.25) is 9.58 Å². The van der Waals surface area contributed by atoms with E-state index < -0.39 is 9.84 Å². The van der Waals surface area contributed by atoms with Crippen LogP contribution in [0.1, 0.15) is 24.0 Å². The van der Waals surface area contributed by atoms with E-state index in [0.29, 0.717) is 11.4 Å². The predicted octanol–water partition coefficient (Wildman–Crippen LogP) is 3.39. The number of thiophene rings is 1. The Bertz CT molecular complexity index is 1090. The highest BCUT2D eigenvalue weighted by Gasteiger charge is 2.50. The number of fused-ring (bicyclic) bond motifs is 3. The minimum atomic E-state index is -3.25. The van der Waals surface area contributed by atoms with Crippen LogP contribution in [-0.2, 0) is 22.9 Å². The molecule has 7 heteroatoms. The minimum absolute atomic E-state index is 0.0600. The molecule has 1 saturated heterocycles. The first kappa shape index (κ1) is 17.2. The molecule has 3 aromatic rings. The molecular weight excluding hydrogens is 378 g/mol. The number of benzene rings is 1. The largest absolute Gasteiger partial charge is 0.297 e. The summed E-state index contributed by atoms with van der Waals surface area (Å²) in [6.45, 7) is 5.03. The highest BCUT2D eigenvalue weighted by molar-refractivity contribution is 7.92. The van der Waals surface area contributed by atoms with E-state index >= 15 is 0 Å². The second-order valence-electron chi connectivity index (χ2n) is 7.35. The number of hydrogen-bond acceptors (Lipinski definition) is 5. The summed E-state index contributed by atoms with van der Waals surface area (Å²) < 4.78 is 28.0. The molecule has 2 aliphatic rings. The predicted molar refractivity (Wildman–Crippen MR) is 107 cm³/mol. The van der Waals surface area contributed by atoms with Crippen LogP contribution in [0.3, 0.4) is 0 Å². The van der Waals surface area contributed by atoms with Crippen LogP contribution >= 0.6 is 11.3 Å². The lowest BCUT2D eigenvalue weighted by Gasteiger charge is -2.16. The molecule has 1 aromatic carbocycles. The first-order valence-corrected chi connectivity index (χ1v) is 11.7. The van der Waals surface area contributed by atoms with Crippen LogP contribution in [-0.4, -0.2) is 41.4 Å². The summed E-state index contributed by atoms with van der Waals surface area (Å²) >= 11 is 1.66. The zero-order chi connectivity index (χ0) is 18.6. The van der Waals surface area contributed by atoms with Crippen LogP contribution in [0, 0.1) is 0 Å². The molecule has 0 N–H and O–H groups in total. The van der Waals surface area contributed by atoms with Crippen LogP contribution in [0.5, 0.6) is 0 Å². The van der Waals surface area contributed by atoms with E-state index in [0.717, 1.165) is 41.9 Å². The van der Waals surface area contributed by atoms with Crippen molar-refractivity contribution < 1.29 is 8.42 Å². The highest BCUT2D eigenvalue weighted by atomic mass is 32.2. The molecule has 5 rings (SSSR count). The van der Waals surface area contributed by atoms with Crippen LogP contribution in [0.25, 0.3) is 11.1 Å². The van der Waals surface area contributed by atoms with Crippen molar-refractivity contribution in [1.29, 1.82) is 0 Å². The Morgan fingerprint density at radius 3 is 2.85 bits per heavy atom. The Morgan fingerprint density at radius 1 is 1.22 bits per heavy atom. The Morgan fingerprint density at radius 2 is 2.11 bits per heavy atom. The number of aryl methyl sites for hydroxylation is 1. The molecule has 5 nitrogen and oxygen atoms in total. The van der Waals surface area contributed by atoms with Crippen molar-refractivity contribution in [3.63, 3.8) is 0 Å². The van der Waals surface area contributed by atoms with Gasteiger partial charge in [0.1, 0.15) is 0 Å². The molecule has 2 aliphatic heterocycles. The lowest BCUT2D eigenvalue weighted by atomic mass is 9.95. The molecule has 140 valence electrons. The molecule has 27 heavy (non-hydrogen) atoms. The van der Waals surface area contributed by atoms with E-state index in [1.54, 1.807) is 11.3 Å². The zero-order valence-corrected chi connectivity index (χ0v) is 16.7. The summed E-state index contributed by atoms with van der Waals surface area (Å²) in [5, 5.41) is 8.16. The van der Waals surface area contributed by atoms with E-state index in [1.807, 2.05) is 29.2 Å². The number of hydrogen-bond donors (Lipinski definition) is 0. The molecule has 0 amide bonds. The maximum atomic E-state index is 13.1. The van der Waals surface area contributed by atoms with Gasteiger partial charge in [0.15, 0.2) is 9.84 Å². The van der Waals surface area contributed by atoms with E-state index in [1.165, 1.54) is 0 Å². The third-order valence-corrected chi connectivity index (χ3v) is 8.67. The molecule has 0 radical (unpaired) electrons. The van der Waals surface area contributed by atoms with Gasteiger partial charge in [-0.1, -0.05) is 6.07 Å². The molecule has 0 aliphatic carbocycles. The van der Waals surface area contributed by atoms with Crippen molar-refractivity contribution in [3.8, 4) is 11.1 Å². The topological polar surface area (TPSA) is 55.2 Å². The molecule has 0 bridgehead atoms. The van der Waals surface area contributed by atoms with Crippen molar-refractivity contribution in [2.24, 2.45) is 0 Å². The first-order chi connectivity index (χ1) is 13.1. The smallest absolute Gasteiger partial charge is 0.183 e. The maximum absolute atomic E-state index is 13.1. The average Bonchev–Trinajstić information content (AvgIpc) is 3.43. The van der Waals surface area contributed by atoms with Gasteiger partial charge in [-0.2, -0.15) is 16.4 Å². The minimum Gasteiger partial charge on any atom is -0.297 e. The number of nitrogens with zero attached hydrogens (tertiary/aromatic N) is 3. The van der Waals surface area contributed by atoms with Crippen LogP contribution in [0.4, 0.5) is 0 Å². The fourth-order valence-corrected chi connectivity index (χ4v) is 7.24. The number of sulfone groups is 1. The van der Waals surface area contributed by atoms with Gasteiger partial charge in [-0.15, -0.1) is 0 Å². The molecule has 0 saturated carbocycles. The summed E-state index contributed by atoms with van der Waals surface area (Å²) in [7, 11) is -3.25. The lowest BCUT2D eigenvalue weighted by Crippen LogP contribution is -2.25. The lowest BCUT2D eigenvalue weighted by molar-refractivity contribution is 0.325.